The molecule has 1 aromatic heterocycles. The summed E-state index contributed by atoms with van der Waals surface area (Å²) in [7, 11) is 0. The van der Waals surface area contributed by atoms with Crippen LogP contribution in [-0.4, -0.2) is 5.78 Å². The van der Waals surface area contributed by atoms with Crippen LogP contribution in [0, 0.1) is 9.81 Å². The molecule has 19 heavy (non-hydrogen) atoms. The number of thiophene rings is 1. The van der Waals surface area contributed by atoms with Crippen molar-refractivity contribution in [1.82, 2.24) is 0 Å². The Hall–Kier alpha value is -1.20. The lowest BCUT2D eigenvalue weighted by atomic mass is 9.94. The molecule has 1 nitrogen and oxygen atoms in total. The Balaban J connectivity index is 2.24. The summed E-state index contributed by atoms with van der Waals surface area (Å²) < 4.78 is 1.14. The number of hydrogen-bond donors (Lipinski definition) is 0. The zero-order valence-corrected chi connectivity index (χ0v) is 13.3. The predicted octanol–water partition coefficient (Wildman–Crippen LogP) is 5.05. The summed E-state index contributed by atoms with van der Waals surface area (Å²) in [6.45, 7) is 2.00. The summed E-state index contributed by atoms with van der Waals surface area (Å²) in [5, 5.41) is 4.08. The van der Waals surface area contributed by atoms with E-state index in [1.54, 1.807) is 11.3 Å². The number of carbonyl (C=O) groups is 1. The van der Waals surface area contributed by atoms with Crippen molar-refractivity contribution in [3.05, 3.63) is 67.4 Å². The Morgan fingerprint density at radius 2 is 1.95 bits per heavy atom. The van der Waals surface area contributed by atoms with E-state index >= 15 is 0 Å². The zero-order valence-electron chi connectivity index (χ0n) is 10.3. The number of fused-ring (bicyclic) bond motifs is 1. The van der Waals surface area contributed by atoms with E-state index in [-0.39, 0.29) is 5.78 Å². The fraction of sp³-hybridized carbons (Fsp3) is 0.0625. The third-order valence-electron chi connectivity index (χ3n) is 3.19. The Kier molecular flexibility index (Phi) is 3.41. The normalized spacial score (nSPS) is 10.8. The predicted molar refractivity (Wildman–Crippen MR) is 89.2 cm³/mol. The Morgan fingerprint density at radius 3 is 2.68 bits per heavy atom. The van der Waals surface area contributed by atoms with E-state index in [1.165, 1.54) is 0 Å². The molecule has 1 heterocycles. The van der Waals surface area contributed by atoms with Crippen molar-refractivity contribution in [2.45, 2.75) is 6.92 Å². The van der Waals surface area contributed by atoms with E-state index in [0.717, 1.165) is 30.3 Å². The summed E-state index contributed by atoms with van der Waals surface area (Å²) in [5.74, 6) is 0.119. The number of carbonyl (C=O) groups excluding carboxylic acids is 1. The number of halogens is 1. The van der Waals surface area contributed by atoms with Crippen LogP contribution in [-0.2, 0) is 0 Å². The topological polar surface area (TPSA) is 17.1 Å². The average Bonchev–Trinajstić information content (AvgIpc) is 2.85. The minimum atomic E-state index is 0.119. The molecule has 0 saturated carbocycles. The van der Waals surface area contributed by atoms with Crippen LogP contribution < -0.4 is 0 Å². The first-order valence-corrected chi connectivity index (χ1v) is 7.90. The highest BCUT2D eigenvalue weighted by atomic mass is 127. The van der Waals surface area contributed by atoms with Crippen LogP contribution >= 0.6 is 33.9 Å². The number of aryl methyl sites for hydroxylation is 1. The number of hydrogen-bond acceptors (Lipinski definition) is 2. The molecule has 94 valence electrons. The first-order chi connectivity index (χ1) is 9.16. The van der Waals surface area contributed by atoms with Crippen molar-refractivity contribution >= 4 is 50.5 Å². The van der Waals surface area contributed by atoms with E-state index in [4.69, 9.17) is 0 Å². The standard InChI is InChI=1S/C16H11IOS/c1-10-6-7-11-4-2-3-5-13(11)15(10)16(18)12-8-14(17)19-9-12/h2-9H,1H3. The summed E-state index contributed by atoms with van der Waals surface area (Å²) in [5.41, 5.74) is 2.64. The van der Waals surface area contributed by atoms with E-state index in [9.17, 15) is 4.79 Å². The molecule has 0 atom stereocenters. The highest BCUT2D eigenvalue weighted by molar-refractivity contribution is 14.1. The van der Waals surface area contributed by atoms with Gasteiger partial charge in [-0.3, -0.25) is 4.79 Å². The molecule has 0 spiro atoms. The fourth-order valence-electron chi connectivity index (χ4n) is 2.26. The Morgan fingerprint density at radius 1 is 1.16 bits per heavy atom. The third-order valence-corrected chi connectivity index (χ3v) is 4.98. The van der Waals surface area contributed by atoms with Gasteiger partial charge in [0.1, 0.15) is 0 Å². The molecule has 0 amide bonds. The minimum absolute atomic E-state index is 0.119. The molecule has 3 rings (SSSR count). The maximum absolute atomic E-state index is 12.7. The maximum Gasteiger partial charge on any atom is 0.194 e. The van der Waals surface area contributed by atoms with Gasteiger partial charge < -0.3 is 0 Å². The summed E-state index contributed by atoms with van der Waals surface area (Å²) in [6.07, 6.45) is 0. The molecular formula is C16H11IOS. The monoisotopic (exact) mass is 378 g/mol. The van der Waals surface area contributed by atoms with Gasteiger partial charge in [-0.25, -0.2) is 0 Å². The van der Waals surface area contributed by atoms with E-state index in [2.05, 4.69) is 28.7 Å². The van der Waals surface area contributed by atoms with Crippen molar-refractivity contribution in [2.75, 3.05) is 0 Å². The van der Waals surface area contributed by atoms with Gasteiger partial charge in [-0.15, -0.1) is 11.3 Å². The molecular weight excluding hydrogens is 367 g/mol. The van der Waals surface area contributed by atoms with Gasteiger partial charge in [-0.2, -0.15) is 0 Å². The van der Waals surface area contributed by atoms with Crippen molar-refractivity contribution < 1.29 is 4.79 Å². The molecule has 0 unspecified atom stereocenters. The molecule has 0 aliphatic heterocycles. The Bertz CT molecular complexity index is 773. The SMILES string of the molecule is Cc1ccc2ccccc2c1C(=O)c1csc(I)c1. The summed E-state index contributed by atoms with van der Waals surface area (Å²) in [6, 6.07) is 14.1. The molecule has 3 heteroatoms. The van der Waals surface area contributed by atoms with E-state index in [0.29, 0.717) is 0 Å². The molecule has 0 aliphatic rings. The van der Waals surface area contributed by atoms with Gasteiger partial charge in [0.05, 0.1) is 2.88 Å². The molecule has 0 fully saturated rings. The molecule has 0 aliphatic carbocycles. The minimum Gasteiger partial charge on any atom is -0.289 e. The average molecular weight is 378 g/mol. The Labute approximate surface area is 129 Å². The highest BCUT2D eigenvalue weighted by Crippen LogP contribution is 2.26. The van der Waals surface area contributed by atoms with Crippen molar-refractivity contribution in [2.24, 2.45) is 0 Å². The quantitative estimate of drug-likeness (QED) is 0.451. The van der Waals surface area contributed by atoms with Crippen LogP contribution in [0.25, 0.3) is 10.8 Å². The lowest BCUT2D eigenvalue weighted by Gasteiger charge is -2.08. The van der Waals surface area contributed by atoms with Gasteiger partial charge in [0.2, 0.25) is 0 Å². The highest BCUT2D eigenvalue weighted by Gasteiger charge is 2.16. The van der Waals surface area contributed by atoms with Gasteiger partial charge in [-0.05, 0) is 51.9 Å². The van der Waals surface area contributed by atoms with Gasteiger partial charge in [0.25, 0.3) is 0 Å². The van der Waals surface area contributed by atoms with Gasteiger partial charge in [0.15, 0.2) is 5.78 Å². The van der Waals surface area contributed by atoms with E-state index in [1.807, 2.05) is 48.7 Å². The third kappa shape index (κ3) is 2.32. The van der Waals surface area contributed by atoms with Gasteiger partial charge in [-0.1, -0.05) is 36.4 Å². The van der Waals surface area contributed by atoms with Crippen LogP contribution in [0.4, 0.5) is 0 Å². The maximum atomic E-state index is 12.7. The lowest BCUT2D eigenvalue weighted by molar-refractivity contribution is 0.104. The van der Waals surface area contributed by atoms with E-state index < -0.39 is 0 Å². The smallest absolute Gasteiger partial charge is 0.194 e. The molecule has 3 aromatic rings. The van der Waals surface area contributed by atoms with Crippen LogP contribution in [0.1, 0.15) is 21.5 Å². The first kappa shape index (κ1) is 12.8. The molecule has 0 N–H and O–H groups in total. The number of benzene rings is 2. The number of ketones is 1. The summed E-state index contributed by atoms with van der Waals surface area (Å²) >= 11 is 3.85. The second kappa shape index (κ2) is 5.06. The summed E-state index contributed by atoms with van der Waals surface area (Å²) in [4.78, 5) is 12.7. The lowest BCUT2D eigenvalue weighted by Crippen LogP contribution is -2.03. The van der Waals surface area contributed by atoms with Crippen molar-refractivity contribution in [3.8, 4) is 0 Å². The molecule has 0 bridgehead atoms. The van der Waals surface area contributed by atoms with Gasteiger partial charge >= 0.3 is 0 Å². The van der Waals surface area contributed by atoms with Crippen molar-refractivity contribution in [3.63, 3.8) is 0 Å². The second-order valence-corrected chi connectivity index (χ2v) is 7.25. The molecule has 2 aromatic carbocycles. The molecule has 0 saturated heterocycles. The molecule has 0 radical (unpaired) electrons. The van der Waals surface area contributed by atoms with Crippen molar-refractivity contribution in [1.29, 1.82) is 0 Å². The van der Waals surface area contributed by atoms with Gasteiger partial charge in [0, 0.05) is 16.5 Å². The number of rotatable bonds is 2. The first-order valence-electron chi connectivity index (χ1n) is 5.94. The largest absolute Gasteiger partial charge is 0.289 e. The van der Waals surface area contributed by atoms with Crippen LogP contribution in [0.3, 0.4) is 0 Å². The zero-order chi connectivity index (χ0) is 13.4. The van der Waals surface area contributed by atoms with Crippen LogP contribution in [0.2, 0.25) is 0 Å². The second-order valence-electron chi connectivity index (χ2n) is 4.45. The van der Waals surface area contributed by atoms with Crippen LogP contribution in [0.5, 0.6) is 0 Å². The van der Waals surface area contributed by atoms with Crippen LogP contribution in [0.15, 0.2) is 47.8 Å². The fourth-order valence-corrected chi connectivity index (χ4v) is 3.58.